The lowest BCUT2D eigenvalue weighted by Crippen LogP contribution is -2.38. The third-order valence-electron chi connectivity index (χ3n) is 3.78. The number of likely N-dealkylation sites (tertiary alicyclic amines) is 1. The lowest BCUT2D eigenvalue weighted by Gasteiger charge is -2.15. The Morgan fingerprint density at radius 2 is 1.90 bits per heavy atom. The normalized spacial score (nSPS) is 14.3. The highest BCUT2D eigenvalue weighted by Gasteiger charge is 2.17. The Morgan fingerprint density at radius 1 is 1.20 bits per heavy atom. The quantitative estimate of drug-likeness (QED) is 0.888. The molecular formula is C16H22N2O2. The van der Waals surface area contributed by atoms with Crippen LogP contribution in [0.5, 0.6) is 0 Å². The second kappa shape index (κ2) is 7.08. The lowest BCUT2D eigenvalue weighted by molar-refractivity contribution is -0.132. The van der Waals surface area contributed by atoms with E-state index in [0.29, 0.717) is 6.42 Å². The molecule has 0 aromatic heterocycles. The van der Waals surface area contributed by atoms with E-state index in [4.69, 9.17) is 0 Å². The van der Waals surface area contributed by atoms with E-state index in [1.54, 1.807) is 0 Å². The van der Waals surface area contributed by atoms with Crippen LogP contribution in [-0.4, -0.2) is 36.3 Å². The van der Waals surface area contributed by atoms with Gasteiger partial charge in [-0.2, -0.15) is 0 Å². The smallest absolute Gasteiger partial charge is 0.241 e. The second-order valence-corrected chi connectivity index (χ2v) is 5.29. The van der Waals surface area contributed by atoms with Gasteiger partial charge in [0.25, 0.3) is 0 Å². The Bertz CT molecular complexity index is 479. The lowest BCUT2D eigenvalue weighted by atomic mass is 10.0. The average Bonchev–Trinajstić information content (AvgIpc) is 2.98. The molecule has 0 aliphatic carbocycles. The van der Waals surface area contributed by atoms with Gasteiger partial charge in [-0.3, -0.25) is 9.59 Å². The molecule has 2 amide bonds. The van der Waals surface area contributed by atoms with Crippen molar-refractivity contribution < 1.29 is 9.59 Å². The third kappa shape index (κ3) is 4.08. The predicted octanol–water partition coefficient (Wildman–Crippen LogP) is 1.67. The molecule has 1 aliphatic rings. The first-order valence-electron chi connectivity index (χ1n) is 7.26. The van der Waals surface area contributed by atoms with Crippen LogP contribution < -0.4 is 5.32 Å². The van der Waals surface area contributed by atoms with Crippen LogP contribution in [0.2, 0.25) is 0 Å². The minimum Gasteiger partial charge on any atom is -0.347 e. The van der Waals surface area contributed by atoms with Crippen molar-refractivity contribution in [2.24, 2.45) is 0 Å². The number of nitrogens with zero attached hydrogens (tertiary/aromatic N) is 1. The van der Waals surface area contributed by atoms with Gasteiger partial charge < -0.3 is 10.2 Å². The van der Waals surface area contributed by atoms with Crippen molar-refractivity contribution in [2.75, 3.05) is 19.6 Å². The standard InChI is InChI=1S/C16H22N2O2/c1-13-6-2-3-7-14(13)8-9-15(19)17-12-16(20)18-10-4-5-11-18/h2-3,6-7H,4-5,8-12H2,1H3,(H,17,19). The highest BCUT2D eigenvalue weighted by atomic mass is 16.2. The molecule has 0 saturated carbocycles. The first kappa shape index (κ1) is 14.6. The van der Waals surface area contributed by atoms with Crippen LogP contribution in [0.4, 0.5) is 0 Å². The zero-order valence-corrected chi connectivity index (χ0v) is 12.0. The molecule has 1 N–H and O–H groups in total. The zero-order chi connectivity index (χ0) is 14.4. The van der Waals surface area contributed by atoms with Gasteiger partial charge in [-0.15, -0.1) is 0 Å². The number of carbonyl (C=O) groups excluding carboxylic acids is 2. The maximum atomic E-state index is 11.8. The van der Waals surface area contributed by atoms with Crippen LogP contribution >= 0.6 is 0 Å². The van der Waals surface area contributed by atoms with Gasteiger partial charge in [-0.25, -0.2) is 0 Å². The summed E-state index contributed by atoms with van der Waals surface area (Å²) < 4.78 is 0. The largest absolute Gasteiger partial charge is 0.347 e. The zero-order valence-electron chi connectivity index (χ0n) is 12.0. The van der Waals surface area contributed by atoms with Crippen LogP contribution in [0.1, 0.15) is 30.4 Å². The van der Waals surface area contributed by atoms with Gasteiger partial charge >= 0.3 is 0 Å². The number of nitrogens with one attached hydrogen (secondary N) is 1. The maximum absolute atomic E-state index is 11.8. The van der Waals surface area contributed by atoms with E-state index in [2.05, 4.69) is 5.32 Å². The number of hydrogen-bond donors (Lipinski definition) is 1. The van der Waals surface area contributed by atoms with Crippen LogP contribution in [0.25, 0.3) is 0 Å². The van der Waals surface area contributed by atoms with E-state index in [0.717, 1.165) is 32.4 Å². The van der Waals surface area contributed by atoms with Gasteiger partial charge in [-0.1, -0.05) is 24.3 Å². The first-order valence-corrected chi connectivity index (χ1v) is 7.26. The Kier molecular flexibility index (Phi) is 5.16. The molecule has 0 spiro atoms. The molecule has 0 radical (unpaired) electrons. The van der Waals surface area contributed by atoms with Crippen LogP contribution in [0.3, 0.4) is 0 Å². The number of aryl methyl sites for hydroxylation is 2. The number of benzene rings is 1. The molecular weight excluding hydrogens is 252 g/mol. The number of rotatable bonds is 5. The molecule has 1 aliphatic heterocycles. The van der Waals surface area contributed by atoms with Crippen LogP contribution in [-0.2, 0) is 16.0 Å². The van der Waals surface area contributed by atoms with Gasteiger partial charge in [0, 0.05) is 19.5 Å². The van der Waals surface area contributed by atoms with Gasteiger partial charge in [0.05, 0.1) is 6.54 Å². The van der Waals surface area contributed by atoms with E-state index < -0.39 is 0 Å². The number of hydrogen-bond acceptors (Lipinski definition) is 2. The summed E-state index contributed by atoms with van der Waals surface area (Å²) in [5.74, 6) is -0.0208. The topological polar surface area (TPSA) is 49.4 Å². The summed E-state index contributed by atoms with van der Waals surface area (Å²) in [6, 6.07) is 8.06. The fourth-order valence-corrected chi connectivity index (χ4v) is 2.48. The van der Waals surface area contributed by atoms with Gasteiger partial charge in [0.15, 0.2) is 0 Å². The highest BCUT2D eigenvalue weighted by Crippen LogP contribution is 2.09. The molecule has 0 unspecified atom stereocenters. The molecule has 1 aromatic rings. The maximum Gasteiger partial charge on any atom is 0.241 e. The molecule has 108 valence electrons. The fourth-order valence-electron chi connectivity index (χ4n) is 2.48. The Balaban J connectivity index is 1.70. The molecule has 2 rings (SSSR count). The van der Waals surface area contributed by atoms with E-state index >= 15 is 0 Å². The van der Waals surface area contributed by atoms with Crippen LogP contribution in [0, 0.1) is 6.92 Å². The summed E-state index contributed by atoms with van der Waals surface area (Å²) in [7, 11) is 0. The number of amides is 2. The SMILES string of the molecule is Cc1ccccc1CCC(=O)NCC(=O)N1CCCC1. The molecule has 4 heteroatoms. The minimum atomic E-state index is -0.0548. The van der Waals surface area contributed by atoms with E-state index in [-0.39, 0.29) is 18.4 Å². The summed E-state index contributed by atoms with van der Waals surface area (Å²) >= 11 is 0. The van der Waals surface area contributed by atoms with E-state index in [1.165, 1.54) is 11.1 Å². The third-order valence-corrected chi connectivity index (χ3v) is 3.78. The van der Waals surface area contributed by atoms with Crippen molar-refractivity contribution in [2.45, 2.75) is 32.6 Å². The van der Waals surface area contributed by atoms with Crippen molar-refractivity contribution in [3.63, 3.8) is 0 Å². The summed E-state index contributed by atoms with van der Waals surface area (Å²) in [6.07, 6.45) is 3.30. The molecule has 0 bridgehead atoms. The molecule has 20 heavy (non-hydrogen) atoms. The summed E-state index contributed by atoms with van der Waals surface area (Å²) in [6.45, 7) is 3.84. The molecule has 1 fully saturated rings. The van der Waals surface area contributed by atoms with E-state index in [9.17, 15) is 9.59 Å². The molecule has 0 atom stereocenters. The van der Waals surface area contributed by atoms with Crippen molar-refractivity contribution in [3.05, 3.63) is 35.4 Å². The van der Waals surface area contributed by atoms with Crippen molar-refractivity contribution in [1.82, 2.24) is 10.2 Å². The fraction of sp³-hybridized carbons (Fsp3) is 0.500. The Hall–Kier alpha value is -1.84. The van der Waals surface area contributed by atoms with Crippen LogP contribution in [0.15, 0.2) is 24.3 Å². The minimum absolute atomic E-state index is 0.0340. The molecule has 1 heterocycles. The average molecular weight is 274 g/mol. The molecule has 1 saturated heterocycles. The van der Waals surface area contributed by atoms with Gasteiger partial charge in [0.1, 0.15) is 0 Å². The van der Waals surface area contributed by atoms with Gasteiger partial charge in [-0.05, 0) is 37.3 Å². The Morgan fingerprint density at radius 3 is 2.60 bits per heavy atom. The summed E-state index contributed by atoms with van der Waals surface area (Å²) in [4.78, 5) is 25.4. The second-order valence-electron chi connectivity index (χ2n) is 5.29. The molecule has 1 aromatic carbocycles. The predicted molar refractivity (Wildman–Crippen MR) is 78.3 cm³/mol. The van der Waals surface area contributed by atoms with Crippen molar-refractivity contribution >= 4 is 11.8 Å². The Labute approximate surface area is 120 Å². The summed E-state index contributed by atoms with van der Waals surface area (Å²) in [5, 5.41) is 2.72. The van der Waals surface area contributed by atoms with Crippen molar-refractivity contribution in [3.8, 4) is 0 Å². The monoisotopic (exact) mass is 274 g/mol. The highest BCUT2D eigenvalue weighted by molar-refractivity contribution is 5.84. The first-order chi connectivity index (χ1) is 9.66. The number of carbonyl (C=O) groups is 2. The van der Waals surface area contributed by atoms with Gasteiger partial charge in [0.2, 0.25) is 11.8 Å². The van der Waals surface area contributed by atoms with E-state index in [1.807, 2.05) is 36.1 Å². The summed E-state index contributed by atoms with van der Waals surface area (Å²) in [5.41, 5.74) is 2.39. The van der Waals surface area contributed by atoms with Crippen molar-refractivity contribution in [1.29, 1.82) is 0 Å². The molecule has 4 nitrogen and oxygen atoms in total.